The summed E-state index contributed by atoms with van der Waals surface area (Å²) in [6.07, 6.45) is 0.935. The molecule has 0 saturated carbocycles. The van der Waals surface area contributed by atoms with Crippen LogP contribution in [0.5, 0.6) is 5.75 Å². The van der Waals surface area contributed by atoms with Crippen LogP contribution >= 0.6 is 24.2 Å². The predicted octanol–water partition coefficient (Wildman–Crippen LogP) is 2.46. The van der Waals surface area contributed by atoms with Gasteiger partial charge in [-0.15, -0.1) is 24.2 Å². The topological polar surface area (TPSA) is 98.7 Å². The number of amides is 1. The number of nitro groups is 1. The van der Waals surface area contributed by atoms with Crippen molar-refractivity contribution in [3.05, 3.63) is 33.9 Å². The molecule has 1 atom stereocenters. The monoisotopic (exact) mass is 389 g/mol. The maximum atomic E-state index is 12.3. The van der Waals surface area contributed by atoms with E-state index in [0.717, 1.165) is 18.5 Å². The molecule has 1 heterocycles. The lowest BCUT2D eigenvalue weighted by Gasteiger charge is -2.22. The van der Waals surface area contributed by atoms with Gasteiger partial charge in [-0.05, 0) is 30.0 Å². The highest BCUT2D eigenvalue weighted by Gasteiger charge is 2.34. The Balaban J connectivity index is 0.00000312. The Morgan fingerprint density at radius 2 is 2.24 bits per heavy atom. The third-order valence-electron chi connectivity index (χ3n) is 4.34. The summed E-state index contributed by atoms with van der Waals surface area (Å²) in [5.74, 6) is 1.24. The molecule has 1 saturated heterocycles. The Morgan fingerprint density at radius 3 is 2.80 bits per heavy atom. The van der Waals surface area contributed by atoms with Crippen LogP contribution < -0.4 is 10.5 Å². The van der Waals surface area contributed by atoms with E-state index >= 15 is 0 Å². The van der Waals surface area contributed by atoms with Crippen molar-refractivity contribution in [1.29, 1.82) is 0 Å². The van der Waals surface area contributed by atoms with Crippen molar-refractivity contribution in [1.82, 2.24) is 4.90 Å². The van der Waals surface area contributed by atoms with Crippen molar-refractivity contribution in [3.8, 4) is 5.75 Å². The number of likely N-dealkylation sites (tertiary alicyclic amines) is 1. The fourth-order valence-electron chi connectivity index (χ4n) is 2.72. The molecule has 140 valence electrons. The van der Waals surface area contributed by atoms with E-state index in [0.29, 0.717) is 24.6 Å². The SMILES string of the molecule is COc1ccc(CSCC(=O)N2CCC(C)(CN)C2)cc1[N+](=O)[O-].Cl. The molecule has 1 aliphatic heterocycles. The van der Waals surface area contributed by atoms with Gasteiger partial charge >= 0.3 is 5.69 Å². The Kier molecular flexibility index (Phi) is 7.98. The first kappa shape index (κ1) is 21.5. The lowest BCUT2D eigenvalue weighted by molar-refractivity contribution is -0.385. The van der Waals surface area contributed by atoms with Gasteiger partial charge < -0.3 is 15.4 Å². The van der Waals surface area contributed by atoms with Crippen LogP contribution in [0.4, 0.5) is 5.69 Å². The highest BCUT2D eigenvalue weighted by molar-refractivity contribution is 7.99. The van der Waals surface area contributed by atoms with E-state index < -0.39 is 4.92 Å². The number of benzene rings is 1. The second-order valence-electron chi connectivity index (χ2n) is 6.34. The number of rotatable bonds is 7. The molecule has 1 aromatic rings. The molecule has 9 heteroatoms. The summed E-state index contributed by atoms with van der Waals surface area (Å²) in [5.41, 5.74) is 6.53. The number of carbonyl (C=O) groups excluding carboxylic acids is 1. The summed E-state index contributed by atoms with van der Waals surface area (Å²) in [4.78, 5) is 24.7. The standard InChI is InChI=1S/C16H23N3O4S.ClH/c1-16(10-17)5-6-18(11-16)15(20)9-24-8-12-3-4-14(23-2)13(7-12)19(21)22;/h3-4,7H,5-6,8-11,17H2,1-2H3;1H. The largest absolute Gasteiger partial charge is 0.490 e. The van der Waals surface area contributed by atoms with Crippen molar-refractivity contribution < 1.29 is 14.5 Å². The van der Waals surface area contributed by atoms with Crippen molar-refractivity contribution >= 4 is 35.8 Å². The van der Waals surface area contributed by atoms with Crippen molar-refractivity contribution in [3.63, 3.8) is 0 Å². The molecular formula is C16H24ClN3O4S. The van der Waals surface area contributed by atoms with Gasteiger partial charge in [-0.2, -0.15) is 0 Å². The summed E-state index contributed by atoms with van der Waals surface area (Å²) in [5, 5.41) is 11.0. The Hall–Kier alpha value is -1.51. The minimum absolute atomic E-state index is 0. The van der Waals surface area contributed by atoms with E-state index in [1.165, 1.54) is 24.9 Å². The number of nitrogens with two attached hydrogens (primary N) is 1. The van der Waals surface area contributed by atoms with Crippen molar-refractivity contribution in [2.45, 2.75) is 19.1 Å². The zero-order valence-corrected chi connectivity index (χ0v) is 16.0. The van der Waals surface area contributed by atoms with E-state index in [4.69, 9.17) is 10.5 Å². The smallest absolute Gasteiger partial charge is 0.311 e. The summed E-state index contributed by atoms with van der Waals surface area (Å²) in [6, 6.07) is 4.87. The van der Waals surface area contributed by atoms with Crippen LogP contribution in [0, 0.1) is 15.5 Å². The third-order valence-corrected chi connectivity index (χ3v) is 5.33. The van der Waals surface area contributed by atoms with Gasteiger partial charge in [-0.1, -0.05) is 13.0 Å². The summed E-state index contributed by atoms with van der Waals surface area (Å²) in [7, 11) is 1.40. The number of halogens is 1. The molecule has 0 bridgehead atoms. The highest BCUT2D eigenvalue weighted by atomic mass is 35.5. The van der Waals surface area contributed by atoms with Crippen molar-refractivity contribution in [2.75, 3.05) is 32.5 Å². The lowest BCUT2D eigenvalue weighted by Crippen LogP contribution is -2.35. The van der Waals surface area contributed by atoms with E-state index in [1.54, 1.807) is 12.1 Å². The fourth-order valence-corrected chi connectivity index (χ4v) is 3.59. The average molecular weight is 390 g/mol. The van der Waals surface area contributed by atoms with Gasteiger partial charge in [0, 0.05) is 24.9 Å². The van der Waals surface area contributed by atoms with E-state index in [2.05, 4.69) is 6.92 Å². The number of nitrogens with zero attached hydrogens (tertiary/aromatic N) is 2. The highest BCUT2D eigenvalue weighted by Crippen LogP contribution is 2.30. The molecule has 0 aliphatic carbocycles. The fraction of sp³-hybridized carbons (Fsp3) is 0.562. The molecule has 0 spiro atoms. The first-order chi connectivity index (χ1) is 11.4. The van der Waals surface area contributed by atoms with Crippen LogP contribution in [0.15, 0.2) is 18.2 Å². The van der Waals surface area contributed by atoms with Gasteiger partial charge in [-0.25, -0.2) is 0 Å². The Morgan fingerprint density at radius 1 is 1.52 bits per heavy atom. The number of thioether (sulfide) groups is 1. The van der Waals surface area contributed by atoms with E-state index in [-0.39, 0.29) is 35.2 Å². The molecule has 1 amide bonds. The second kappa shape index (κ2) is 9.26. The number of nitro benzene ring substituents is 1. The number of hydrogen-bond donors (Lipinski definition) is 1. The van der Waals surface area contributed by atoms with Crippen LogP contribution in [0.25, 0.3) is 0 Å². The second-order valence-corrected chi connectivity index (χ2v) is 7.32. The molecule has 2 N–H and O–H groups in total. The van der Waals surface area contributed by atoms with Gasteiger partial charge in [-0.3, -0.25) is 14.9 Å². The first-order valence-corrected chi connectivity index (χ1v) is 8.91. The molecule has 1 unspecified atom stereocenters. The summed E-state index contributed by atoms with van der Waals surface area (Å²) < 4.78 is 4.98. The Labute approximate surface area is 157 Å². The van der Waals surface area contributed by atoms with Gasteiger partial charge in [0.1, 0.15) is 0 Å². The zero-order chi connectivity index (χ0) is 17.7. The van der Waals surface area contributed by atoms with Gasteiger partial charge in [0.15, 0.2) is 5.75 Å². The number of hydrogen-bond acceptors (Lipinski definition) is 6. The maximum Gasteiger partial charge on any atom is 0.311 e. The third kappa shape index (κ3) is 5.49. The molecule has 1 aromatic carbocycles. The molecular weight excluding hydrogens is 366 g/mol. The van der Waals surface area contributed by atoms with Crippen LogP contribution in [-0.2, 0) is 10.5 Å². The minimum atomic E-state index is -0.462. The maximum absolute atomic E-state index is 12.3. The van der Waals surface area contributed by atoms with Gasteiger partial charge in [0.2, 0.25) is 5.91 Å². The molecule has 0 radical (unpaired) electrons. The molecule has 25 heavy (non-hydrogen) atoms. The van der Waals surface area contributed by atoms with Gasteiger partial charge in [0.25, 0.3) is 0 Å². The average Bonchev–Trinajstić information content (AvgIpc) is 2.98. The number of ether oxygens (including phenoxy) is 1. The van der Waals surface area contributed by atoms with Crippen LogP contribution in [0.3, 0.4) is 0 Å². The quantitative estimate of drug-likeness (QED) is 0.568. The summed E-state index contributed by atoms with van der Waals surface area (Å²) in [6.45, 7) is 4.14. The Bertz CT molecular complexity index is 631. The molecule has 1 aliphatic rings. The zero-order valence-electron chi connectivity index (χ0n) is 14.4. The minimum Gasteiger partial charge on any atom is -0.490 e. The summed E-state index contributed by atoms with van der Waals surface area (Å²) >= 11 is 1.46. The molecule has 0 aromatic heterocycles. The number of carbonyl (C=O) groups is 1. The predicted molar refractivity (Wildman–Crippen MR) is 101 cm³/mol. The van der Waals surface area contributed by atoms with Crippen molar-refractivity contribution in [2.24, 2.45) is 11.1 Å². The van der Waals surface area contributed by atoms with E-state index in [1.807, 2.05) is 4.90 Å². The van der Waals surface area contributed by atoms with E-state index in [9.17, 15) is 14.9 Å². The van der Waals surface area contributed by atoms with Crippen LogP contribution in [0.1, 0.15) is 18.9 Å². The van der Waals surface area contributed by atoms with Gasteiger partial charge in [0.05, 0.1) is 17.8 Å². The molecule has 7 nitrogen and oxygen atoms in total. The lowest BCUT2D eigenvalue weighted by atomic mass is 9.90. The normalized spacial score (nSPS) is 19.4. The molecule has 2 rings (SSSR count). The van der Waals surface area contributed by atoms with Crippen LogP contribution in [-0.4, -0.2) is 48.2 Å². The molecule has 1 fully saturated rings. The number of methoxy groups -OCH3 is 1. The first-order valence-electron chi connectivity index (χ1n) is 7.75. The van der Waals surface area contributed by atoms with Crippen LogP contribution in [0.2, 0.25) is 0 Å².